The van der Waals surface area contributed by atoms with Crippen LogP contribution in [0.25, 0.3) is 0 Å². The van der Waals surface area contributed by atoms with E-state index in [-0.39, 0.29) is 11.6 Å². The average molecular weight is 648 g/mol. The fourth-order valence-electron chi connectivity index (χ4n) is 5.87. The molecule has 11 nitrogen and oxygen atoms in total. The van der Waals surface area contributed by atoms with E-state index in [9.17, 15) is 24.8 Å². The summed E-state index contributed by atoms with van der Waals surface area (Å²) in [4.78, 5) is 44.2. The molecule has 0 aliphatic carbocycles. The molecule has 0 radical (unpaired) electrons. The third-order valence-corrected chi connectivity index (χ3v) is 8.83. The first-order valence-electron chi connectivity index (χ1n) is 14.0. The summed E-state index contributed by atoms with van der Waals surface area (Å²) < 4.78 is 0.856. The molecule has 4 atom stereocenters. The van der Waals surface area contributed by atoms with Crippen LogP contribution in [0.2, 0.25) is 0 Å². The molecule has 2 amide bonds. The SMILES string of the molecule is CN1CCN(c2ccc(N3C(=O)[C@@H]4[C@@H](C=C[C@H]([C@H](O)c5ccc(Br)cc5)N4Nc4ccc([N+](=O)[O-])cc4)C3=O)cc2)CC1. The highest BCUT2D eigenvalue weighted by Gasteiger charge is 2.54. The number of hydrazine groups is 1. The van der Waals surface area contributed by atoms with Gasteiger partial charge in [0.05, 0.1) is 28.7 Å². The Morgan fingerprint density at radius 1 is 0.884 bits per heavy atom. The standard InChI is InChI=1S/C31H31BrN6O5/c1-34-16-18-35(19-17-34)23-10-12-24(13-11-23)36-30(40)26-14-15-27(29(39)20-2-4-21(32)5-3-20)37(28(26)31(36)41)33-22-6-8-25(9-7-22)38(42)43/h2-15,26-29,33,39H,16-19H2,1H3/t26-,27-,28+,29-/m1/s1. The monoisotopic (exact) mass is 646 g/mol. The summed E-state index contributed by atoms with van der Waals surface area (Å²) in [6.45, 7) is 3.73. The summed E-state index contributed by atoms with van der Waals surface area (Å²) in [5, 5.41) is 24.3. The number of carbonyl (C=O) groups is 2. The molecule has 43 heavy (non-hydrogen) atoms. The maximum absolute atomic E-state index is 14.1. The molecule has 3 aromatic carbocycles. The molecule has 222 valence electrons. The van der Waals surface area contributed by atoms with Crippen LogP contribution in [0.5, 0.6) is 0 Å². The van der Waals surface area contributed by atoms with Crippen molar-refractivity contribution in [3.63, 3.8) is 0 Å². The minimum atomic E-state index is -1.05. The first-order chi connectivity index (χ1) is 20.7. The predicted molar refractivity (Wildman–Crippen MR) is 167 cm³/mol. The van der Waals surface area contributed by atoms with Gasteiger partial charge in [-0.25, -0.2) is 9.91 Å². The van der Waals surface area contributed by atoms with E-state index in [2.05, 4.69) is 38.2 Å². The molecule has 0 saturated carbocycles. The third kappa shape index (κ3) is 5.66. The van der Waals surface area contributed by atoms with Crippen molar-refractivity contribution in [2.24, 2.45) is 5.92 Å². The van der Waals surface area contributed by atoms with Crippen molar-refractivity contribution in [1.82, 2.24) is 9.91 Å². The first-order valence-corrected chi connectivity index (χ1v) is 14.8. The van der Waals surface area contributed by atoms with E-state index >= 15 is 0 Å². The van der Waals surface area contributed by atoms with Gasteiger partial charge < -0.3 is 20.3 Å². The van der Waals surface area contributed by atoms with Crippen molar-refractivity contribution in [3.8, 4) is 0 Å². The van der Waals surface area contributed by atoms with Crippen molar-refractivity contribution >= 4 is 50.5 Å². The Hall–Kier alpha value is -4.10. The Labute approximate surface area is 257 Å². The number of benzene rings is 3. The number of halogens is 1. The van der Waals surface area contributed by atoms with Crippen LogP contribution in [-0.4, -0.2) is 77.1 Å². The summed E-state index contributed by atoms with van der Waals surface area (Å²) in [5.74, 6) is -1.57. The van der Waals surface area contributed by atoms with Crippen molar-refractivity contribution in [2.45, 2.75) is 18.2 Å². The second kappa shape index (κ2) is 11.9. The number of nitrogens with one attached hydrogen (secondary N) is 1. The highest BCUT2D eigenvalue weighted by Crippen LogP contribution is 2.38. The van der Waals surface area contributed by atoms with Gasteiger partial charge in [0, 0.05) is 54.2 Å². The number of nitro groups is 1. The number of imide groups is 1. The number of likely N-dealkylation sites (N-methyl/N-ethyl adjacent to an activating group) is 1. The molecule has 3 aliphatic heterocycles. The number of carbonyl (C=O) groups excluding carboxylic acids is 2. The second-order valence-electron chi connectivity index (χ2n) is 11.0. The largest absolute Gasteiger partial charge is 0.386 e. The number of rotatable bonds is 7. The lowest BCUT2D eigenvalue weighted by molar-refractivity contribution is -0.384. The van der Waals surface area contributed by atoms with Crippen molar-refractivity contribution < 1.29 is 19.6 Å². The Morgan fingerprint density at radius 2 is 1.51 bits per heavy atom. The molecule has 0 spiro atoms. The number of hydrogen-bond acceptors (Lipinski definition) is 9. The van der Waals surface area contributed by atoms with Crippen molar-refractivity contribution in [3.05, 3.63) is 105 Å². The number of aliphatic hydroxyl groups is 1. The lowest BCUT2D eigenvalue weighted by Gasteiger charge is -2.40. The van der Waals surface area contributed by atoms with E-state index in [4.69, 9.17) is 0 Å². The lowest BCUT2D eigenvalue weighted by atomic mass is 9.90. The van der Waals surface area contributed by atoms with Crippen LogP contribution in [0, 0.1) is 16.0 Å². The van der Waals surface area contributed by atoms with E-state index in [1.807, 2.05) is 24.3 Å². The molecule has 3 aliphatic rings. The van der Waals surface area contributed by atoms with Crippen molar-refractivity contribution in [1.29, 1.82) is 0 Å². The number of nitro benzene ring substituents is 1. The molecule has 2 N–H and O–H groups in total. The molecule has 12 heteroatoms. The smallest absolute Gasteiger partial charge is 0.269 e. The van der Waals surface area contributed by atoms with E-state index in [0.29, 0.717) is 16.9 Å². The molecule has 0 unspecified atom stereocenters. The summed E-state index contributed by atoms with van der Waals surface area (Å²) in [6, 6.07) is 18.8. The van der Waals surface area contributed by atoms with Gasteiger partial charge in [0.2, 0.25) is 5.91 Å². The van der Waals surface area contributed by atoms with E-state index in [0.717, 1.165) is 36.3 Å². The number of fused-ring (bicyclic) bond motifs is 1. The maximum atomic E-state index is 14.1. The Kier molecular flexibility index (Phi) is 8.01. The molecule has 0 aromatic heterocycles. The fraction of sp³-hybridized carbons (Fsp3) is 0.290. The molecule has 0 bridgehead atoms. The van der Waals surface area contributed by atoms with Gasteiger partial charge in [-0.05, 0) is 61.1 Å². The number of anilines is 3. The summed E-state index contributed by atoms with van der Waals surface area (Å²) in [7, 11) is 2.10. The second-order valence-corrected chi connectivity index (χ2v) is 11.9. The molecule has 3 aromatic rings. The lowest BCUT2D eigenvalue weighted by Crippen LogP contribution is -2.55. The van der Waals surface area contributed by atoms with Gasteiger partial charge in [-0.15, -0.1) is 0 Å². The van der Waals surface area contributed by atoms with Gasteiger partial charge in [-0.2, -0.15) is 0 Å². The summed E-state index contributed by atoms with van der Waals surface area (Å²) >= 11 is 3.41. The van der Waals surface area contributed by atoms with E-state index in [1.54, 1.807) is 41.4 Å². The van der Waals surface area contributed by atoms with Crippen LogP contribution >= 0.6 is 15.9 Å². The zero-order valence-corrected chi connectivity index (χ0v) is 25.0. The molecular weight excluding hydrogens is 616 g/mol. The van der Waals surface area contributed by atoms with Crippen LogP contribution in [0.4, 0.5) is 22.7 Å². The van der Waals surface area contributed by atoms with Crippen LogP contribution in [0.1, 0.15) is 11.7 Å². The van der Waals surface area contributed by atoms with Crippen LogP contribution in [-0.2, 0) is 9.59 Å². The number of aliphatic hydroxyl groups excluding tert-OH is 1. The van der Waals surface area contributed by atoms with Gasteiger partial charge >= 0.3 is 0 Å². The highest BCUT2D eigenvalue weighted by atomic mass is 79.9. The summed E-state index contributed by atoms with van der Waals surface area (Å²) in [5.41, 5.74) is 5.73. The number of piperazine rings is 1. The molecular formula is C31H31BrN6O5. The van der Waals surface area contributed by atoms with Crippen LogP contribution in [0.15, 0.2) is 89.4 Å². The zero-order valence-electron chi connectivity index (χ0n) is 23.4. The van der Waals surface area contributed by atoms with Gasteiger partial charge in [0.25, 0.3) is 11.6 Å². The number of nitrogens with zero attached hydrogens (tertiary/aromatic N) is 5. The third-order valence-electron chi connectivity index (χ3n) is 8.30. The average Bonchev–Trinajstić information content (AvgIpc) is 3.27. The molecule has 2 fully saturated rings. The normalized spacial score (nSPS) is 23.4. The first kappa shape index (κ1) is 29.0. The fourth-order valence-corrected chi connectivity index (χ4v) is 6.13. The minimum absolute atomic E-state index is 0.0771. The van der Waals surface area contributed by atoms with Gasteiger partial charge in [-0.3, -0.25) is 19.7 Å². The Bertz CT molecular complexity index is 1540. The van der Waals surface area contributed by atoms with Crippen molar-refractivity contribution in [2.75, 3.05) is 48.5 Å². The van der Waals surface area contributed by atoms with Crippen LogP contribution in [0.3, 0.4) is 0 Å². The van der Waals surface area contributed by atoms with Gasteiger partial charge in [-0.1, -0.05) is 40.2 Å². The van der Waals surface area contributed by atoms with E-state index in [1.165, 1.54) is 29.2 Å². The number of amides is 2. The molecule has 6 rings (SSSR count). The Morgan fingerprint density at radius 3 is 2.14 bits per heavy atom. The quantitative estimate of drug-likeness (QED) is 0.170. The zero-order chi connectivity index (χ0) is 30.2. The Balaban J connectivity index is 1.30. The maximum Gasteiger partial charge on any atom is 0.269 e. The molecule has 2 saturated heterocycles. The van der Waals surface area contributed by atoms with Gasteiger partial charge in [0.1, 0.15) is 6.04 Å². The predicted octanol–water partition coefficient (Wildman–Crippen LogP) is 3.97. The number of non-ortho nitro benzene ring substituents is 1. The highest BCUT2D eigenvalue weighted by molar-refractivity contribution is 9.10. The van der Waals surface area contributed by atoms with Gasteiger partial charge in [0.15, 0.2) is 0 Å². The molecule has 3 heterocycles. The minimum Gasteiger partial charge on any atom is -0.386 e. The topological polar surface area (TPSA) is 122 Å². The van der Waals surface area contributed by atoms with E-state index < -0.39 is 34.9 Å². The number of hydrogen-bond donors (Lipinski definition) is 2. The summed E-state index contributed by atoms with van der Waals surface area (Å²) in [6.07, 6.45) is 2.39. The van der Waals surface area contributed by atoms with Crippen LogP contribution < -0.4 is 15.2 Å².